The van der Waals surface area contributed by atoms with Crippen LogP contribution in [0.3, 0.4) is 0 Å². The summed E-state index contributed by atoms with van der Waals surface area (Å²) in [6.07, 6.45) is 0. The Labute approximate surface area is 160 Å². The van der Waals surface area contributed by atoms with E-state index in [4.69, 9.17) is 4.74 Å². The first-order valence-electron chi connectivity index (χ1n) is 9.00. The number of halogens is 1. The van der Waals surface area contributed by atoms with Crippen LogP contribution in [0.25, 0.3) is 10.2 Å². The van der Waals surface area contributed by atoms with E-state index >= 15 is 0 Å². The molecule has 0 saturated carbocycles. The number of carbonyl (C=O) groups is 1. The van der Waals surface area contributed by atoms with E-state index in [2.05, 4.69) is 10.3 Å². The van der Waals surface area contributed by atoms with Crippen LogP contribution in [0.2, 0.25) is 0 Å². The average molecular weight is 386 g/mol. The molecule has 1 amide bonds. The fraction of sp³-hybridized carbons (Fsp3) is 0.300. The van der Waals surface area contributed by atoms with E-state index in [0.717, 1.165) is 28.9 Å². The number of thiazole rings is 1. The maximum Gasteiger partial charge on any atom is 0.251 e. The Morgan fingerprint density at radius 2 is 2.00 bits per heavy atom. The minimum Gasteiger partial charge on any atom is -0.370 e. The molecule has 7 heteroatoms. The number of carbonyl (C=O) groups excluding carboxylic acids is 1. The van der Waals surface area contributed by atoms with Gasteiger partial charge in [0.1, 0.15) is 24.9 Å². The van der Waals surface area contributed by atoms with Gasteiger partial charge in [-0.25, -0.2) is 9.37 Å². The van der Waals surface area contributed by atoms with E-state index in [-0.39, 0.29) is 17.8 Å². The quantitative estimate of drug-likeness (QED) is 0.703. The van der Waals surface area contributed by atoms with E-state index in [0.29, 0.717) is 25.3 Å². The Hall–Kier alpha value is -2.35. The highest BCUT2D eigenvalue weighted by Crippen LogP contribution is 2.19. The number of nitrogens with zero attached hydrogens (tertiary/aromatic N) is 1. The lowest BCUT2D eigenvalue weighted by Gasteiger charge is -2.32. The first kappa shape index (κ1) is 18.0. The van der Waals surface area contributed by atoms with Gasteiger partial charge in [0, 0.05) is 11.1 Å². The first-order valence-corrected chi connectivity index (χ1v) is 9.88. The Kier molecular flexibility index (Phi) is 5.42. The summed E-state index contributed by atoms with van der Waals surface area (Å²) in [4.78, 5) is 18.2. The van der Waals surface area contributed by atoms with Crippen LogP contribution in [-0.2, 0) is 4.74 Å². The predicted molar refractivity (Wildman–Crippen MR) is 103 cm³/mol. The normalized spacial score (nSPS) is 16.3. The molecule has 0 radical (unpaired) electrons. The minimum absolute atomic E-state index is 0.0607. The van der Waals surface area contributed by atoms with Gasteiger partial charge in [-0.3, -0.25) is 4.79 Å². The molecule has 3 aromatic rings. The van der Waals surface area contributed by atoms with Gasteiger partial charge in [-0.15, -0.1) is 11.3 Å². The number of fused-ring (bicyclic) bond motifs is 1. The van der Waals surface area contributed by atoms with Gasteiger partial charge in [-0.1, -0.05) is 12.1 Å². The molecule has 2 N–H and O–H groups in total. The average Bonchev–Trinajstić information content (AvgIpc) is 3.18. The summed E-state index contributed by atoms with van der Waals surface area (Å²) in [7, 11) is 0. The van der Waals surface area contributed by atoms with Gasteiger partial charge in [0.15, 0.2) is 0 Å². The summed E-state index contributed by atoms with van der Waals surface area (Å²) in [5.41, 5.74) is 4.32. The smallest absolute Gasteiger partial charge is 0.251 e. The molecular weight excluding hydrogens is 365 g/mol. The molecule has 1 aromatic heterocycles. The fourth-order valence-corrected chi connectivity index (χ4v) is 4.18. The summed E-state index contributed by atoms with van der Waals surface area (Å²) in [6, 6.07) is 12.2. The van der Waals surface area contributed by atoms with E-state index in [1.807, 2.05) is 12.1 Å². The van der Waals surface area contributed by atoms with Crippen LogP contribution in [0.1, 0.15) is 22.0 Å². The molecule has 1 aliphatic rings. The Balaban J connectivity index is 1.50. The van der Waals surface area contributed by atoms with Gasteiger partial charge in [0.2, 0.25) is 0 Å². The number of ether oxygens (including phenoxy) is 1. The van der Waals surface area contributed by atoms with Crippen LogP contribution in [0.4, 0.5) is 4.39 Å². The SMILES string of the molecule is O=C(NC[C@@H](c1ccc(F)cc1)[NH+]1CCOCC1)c1ccc2ncsc2c1. The second kappa shape index (κ2) is 8.12. The van der Waals surface area contributed by atoms with E-state index < -0.39 is 0 Å². The largest absolute Gasteiger partial charge is 0.370 e. The highest BCUT2D eigenvalue weighted by molar-refractivity contribution is 7.16. The number of quaternary nitrogens is 1. The lowest BCUT2D eigenvalue weighted by molar-refractivity contribution is -0.937. The molecule has 0 aliphatic carbocycles. The summed E-state index contributed by atoms with van der Waals surface area (Å²) < 4.78 is 19.8. The molecule has 1 aliphatic heterocycles. The molecule has 1 saturated heterocycles. The van der Waals surface area contributed by atoms with Gasteiger partial charge in [-0.05, 0) is 30.3 Å². The van der Waals surface area contributed by atoms with E-state index in [9.17, 15) is 9.18 Å². The highest BCUT2D eigenvalue weighted by Gasteiger charge is 2.27. The molecule has 0 unspecified atom stereocenters. The lowest BCUT2D eigenvalue weighted by Crippen LogP contribution is -3.15. The Morgan fingerprint density at radius 3 is 2.78 bits per heavy atom. The van der Waals surface area contributed by atoms with Crippen molar-refractivity contribution in [2.45, 2.75) is 6.04 Å². The second-order valence-corrected chi connectivity index (χ2v) is 7.51. The molecule has 27 heavy (non-hydrogen) atoms. The van der Waals surface area contributed by atoms with Crippen molar-refractivity contribution in [3.8, 4) is 0 Å². The van der Waals surface area contributed by atoms with Crippen LogP contribution >= 0.6 is 11.3 Å². The number of benzene rings is 2. The van der Waals surface area contributed by atoms with Gasteiger partial charge in [-0.2, -0.15) is 0 Å². The molecule has 0 bridgehead atoms. The zero-order chi connectivity index (χ0) is 18.6. The Bertz CT molecular complexity index is 922. The van der Waals surface area contributed by atoms with Crippen molar-refractivity contribution in [1.82, 2.24) is 10.3 Å². The van der Waals surface area contributed by atoms with Crippen molar-refractivity contribution >= 4 is 27.5 Å². The molecule has 0 spiro atoms. The molecule has 2 aromatic carbocycles. The molecule has 4 rings (SSSR count). The summed E-state index contributed by atoms with van der Waals surface area (Å²) in [5, 5.41) is 3.06. The van der Waals surface area contributed by atoms with E-state index in [1.165, 1.54) is 28.4 Å². The molecule has 1 atom stereocenters. The van der Waals surface area contributed by atoms with Crippen LogP contribution in [-0.4, -0.2) is 43.7 Å². The topological polar surface area (TPSA) is 55.7 Å². The van der Waals surface area contributed by atoms with Crippen molar-refractivity contribution < 1.29 is 18.8 Å². The molecular formula is C20H21FN3O2S+. The number of aromatic nitrogens is 1. The maximum absolute atomic E-state index is 13.3. The maximum atomic E-state index is 13.3. The number of morpholine rings is 1. The first-order chi connectivity index (χ1) is 13.2. The fourth-order valence-electron chi connectivity index (χ4n) is 3.47. The van der Waals surface area contributed by atoms with Gasteiger partial charge in [0.05, 0.1) is 35.5 Å². The van der Waals surface area contributed by atoms with Gasteiger partial charge < -0.3 is 15.0 Å². The van der Waals surface area contributed by atoms with Crippen molar-refractivity contribution in [1.29, 1.82) is 0 Å². The molecule has 140 valence electrons. The van der Waals surface area contributed by atoms with Crippen molar-refractivity contribution in [3.05, 3.63) is 64.9 Å². The molecule has 2 heterocycles. The third-order valence-corrected chi connectivity index (χ3v) is 5.75. The number of hydrogen-bond donors (Lipinski definition) is 2. The van der Waals surface area contributed by atoms with Crippen LogP contribution in [0.5, 0.6) is 0 Å². The Morgan fingerprint density at radius 1 is 1.22 bits per heavy atom. The van der Waals surface area contributed by atoms with Crippen molar-refractivity contribution in [2.24, 2.45) is 0 Å². The van der Waals surface area contributed by atoms with Crippen LogP contribution in [0, 0.1) is 5.82 Å². The third-order valence-electron chi connectivity index (χ3n) is 4.96. The second-order valence-electron chi connectivity index (χ2n) is 6.62. The predicted octanol–water partition coefficient (Wildman–Crippen LogP) is 1.82. The van der Waals surface area contributed by atoms with E-state index in [1.54, 1.807) is 23.7 Å². The lowest BCUT2D eigenvalue weighted by atomic mass is 10.0. The van der Waals surface area contributed by atoms with Gasteiger partial charge >= 0.3 is 0 Å². The number of hydrogen-bond acceptors (Lipinski definition) is 4. The number of rotatable bonds is 5. The highest BCUT2D eigenvalue weighted by atomic mass is 32.1. The number of amides is 1. The standard InChI is InChI=1S/C20H20FN3O2S/c21-16-4-1-14(2-5-16)18(24-7-9-26-10-8-24)12-22-20(25)15-3-6-17-19(11-15)27-13-23-17/h1-6,11,13,18H,7-10,12H2,(H,22,25)/p+1/t18-/m0/s1. The molecule has 5 nitrogen and oxygen atoms in total. The monoisotopic (exact) mass is 386 g/mol. The zero-order valence-corrected chi connectivity index (χ0v) is 15.6. The van der Waals surface area contributed by atoms with Gasteiger partial charge in [0.25, 0.3) is 5.91 Å². The zero-order valence-electron chi connectivity index (χ0n) is 14.8. The molecule has 1 fully saturated rings. The summed E-state index contributed by atoms with van der Waals surface area (Å²) in [6.45, 7) is 3.61. The van der Waals surface area contributed by atoms with Crippen LogP contribution in [0.15, 0.2) is 48.0 Å². The third kappa shape index (κ3) is 4.16. The summed E-state index contributed by atoms with van der Waals surface area (Å²) in [5.74, 6) is -0.360. The van der Waals surface area contributed by atoms with Crippen molar-refractivity contribution in [3.63, 3.8) is 0 Å². The minimum atomic E-state index is -0.253. The van der Waals surface area contributed by atoms with Crippen molar-refractivity contribution in [2.75, 3.05) is 32.8 Å². The number of nitrogens with one attached hydrogen (secondary N) is 2. The summed E-state index contributed by atoms with van der Waals surface area (Å²) >= 11 is 1.52. The van der Waals surface area contributed by atoms with Crippen LogP contribution < -0.4 is 10.2 Å².